The molecular formula is C26H19NO4. The van der Waals surface area contributed by atoms with Crippen LogP contribution in [-0.2, 0) is 0 Å². The molecule has 152 valence electrons. The summed E-state index contributed by atoms with van der Waals surface area (Å²) in [5.74, 6) is -1.97. The Morgan fingerprint density at radius 1 is 0.581 bits per heavy atom. The van der Waals surface area contributed by atoms with Gasteiger partial charge in [0.25, 0.3) is 0 Å². The molecule has 5 nitrogen and oxygen atoms in total. The summed E-state index contributed by atoms with van der Waals surface area (Å²) in [5.41, 5.74) is 2.41. The first-order chi connectivity index (χ1) is 15.1. The number of para-hydroxylation sites is 2. The molecule has 0 saturated carbocycles. The van der Waals surface area contributed by atoms with Crippen molar-refractivity contribution in [3.63, 3.8) is 0 Å². The molecule has 0 radical (unpaired) electrons. The van der Waals surface area contributed by atoms with Crippen LogP contribution in [0.4, 0.5) is 17.1 Å². The number of hydrogen-bond donors (Lipinski definition) is 2. The Bertz CT molecular complexity index is 1200. The third-order valence-corrected chi connectivity index (χ3v) is 4.92. The number of carbonyl (C=O) groups is 2. The number of rotatable bonds is 6. The number of aromatic carboxylic acids is 1. The third-order valence-electron chi connectivity index (χ3n) is 4.92. The molecule has 5 heteroatoms. The van der Waals surface area contributed by atoms with E-state index in [0.29, 0.717) is 5.69 Å². The second kappa shape index (κ2) is 8.55. The molecule has 0 heterocycles. The minimum absolute atomic E-state index is 0.0287. The predicted octanol–water partition coefficient (Wildman–Crippen LogP) is 5.79. The smallest absolute Gasteiger partial charge is 0.336 e. The number of phenols is 1. The fraction of sp³-hybridized carbons (Fsp3) is 0. The lowest BCUT2D eigenvalue weighted by molar-refractivity contribution is 0.0692. The summed E-state index contributed by atoms with van der Waals surface area (Å²) in [5, 5.41) is 20.1. The highest BCUT2D eigenvalue weighted by molar-refractivity contribution is 6.15. The van der Waals surface area contributed by atoms with Gasteiger partial charge in [0, 0.05) is 28.7 Å². The fourth-order valence-corrected chi connectivity index (χ4v) is 3.47. The van der Waals surface area contributed by atoms with Crippen molar-refractivity contribution in [1.29, 1.82) is 0 Å². The summed E-state index contributed by atoms with van der Waals surface area (Å²) in [6.45, 7) is 0. The lowest BCUT2D eigenvalue weighted by Gasteiger charge is -2.25. The van der Waals surface area contributed by atoms with Gasteiger partial charge in [-0.05, 0) is 42.5 Å². The molecule has 0 amide bonds. The molecule has 0 aliphatic rings. The molecule has 0 spiro atoms. The van der Waals surface area contributed by atoms with Crippen LogP contribution in [0.1, 0.15) is 26.3 Å². The second-order valence-corrected chi connectivity index (χ2v) is 6.89. The number of benzene rings is 4. The Balaban J connectivity index is 1.77. The summed E-state index contributed by atoms with van der Waals surface area (Å²) in [4.78, 5) is 26.4. The van der Waals surface area contributed by atoms with E-state index in [4.69, 9.17) is 0 Å². The highest BCUT2D eigenvalue weighted by Crippen LogP contribution is 2.37. The van der Waals surface area contributed by atoms with Gasteiger partial charge in [0.15, 0.2) is 5.78 Å². The molecule has 4 aromatic carbocycles. The first kappa shape index (κ1) is 19.9. The van der Waals surface area contributed by atoms with Gasteiger partial charge in [0.1, 0.15) is 5.75 Å². The molecule has 0 aliphatic heterocycles. The van der Waals surface area contributed by atoms with E-state index in [1.54, 1.807) is 18.2 Å². The molecular weight excluding hydrogens is 390 g/mol. The van der Waals surface area contributed by atoms with Gasteiger partial charge >= 0.3 is 5.97 Å². The number of aromatic hydroxyl groups is 1. The lowest BCUT2D eigenvalue weighted by Crippen LogP contribution is -2.12. The lowest BCUT2D eigenvalue weighted by atomic mass is 9.97. The van der Waals surface area contributed by atoms with Crippen molar-refractivity contribution in [3.05, 3.63) is 120 Å². The van der Waals surface area contributed by atoms with Gasteiger partial charge in [-0.15, -0.1) is 0 Å². The zero-order valence-electron chi connectivity index (χ0n) is 16.5. The topological polar surface area (TPSA) is 77.8 Å². The Morgan fingerprint density at radius 3 is 1.61 bits per heavy atom. The molecule has 0 aliphatic carbocycles. The van der Waals surface area contributed by atoms with Crippen molar-refractivity contribution < 1.29 is 19.8 Å². The second-order valence-electron chi connectivity index (χ2n) is 6.89. The summed E-state index contributed by atoms with van der Waals surface area (Å²) in [7, 11) is 0. The highest BCUT2D eigenvalue weighted by Gasteiger charge is 2.21. The van der Waals surface area contributed by atoms with Crippen LogP contribution in [0.3, 0.4) is 0 Å². The number of anilines is 3. The van der Waals surface area contributed by atoms with Crippen LogP contribution in [-0.4, -0.2) is 22.0 Å². The van der Waals surface area contributed by atoms with Gasteiger partial charge in [-0.1, -0.05) is 54.6 Å². The van der Waals surface area contributed by atoms with Gasteiger partial charge in [0.05, 0.1) is 11.1 Å². The van der Waals surface area contributed by atoms with E-state index >= 15 is 0 Å². The van der Waals surface area contributed by atoms with Crippen molar-refractivity contribution in [1.82, 2.24) is 0 Å². The van der Waals surface area contributed by atoms with Gasteiger partial charge < -0.3 is 15.1 Å². The number of carboxylic acid groups (broad SMARTS) is 1. The van der Waals surface area contributed by atoms with E-state index in [0.717, 1.165) is 11.4 Å². The largest absolute Gasteiger partial charge is 0.507 e. The summed E-state index contributed by atoms with van der Waals surface area (Å²) < 4.78 is 0. The van der Waals surface area contributed by atoms with E-state index in [1.807, 2.05) is 65.6 Å². The number of nitrogens with zero attached hydrogens (tertiary/aromatic N) is 1. The molecule has 0 saturated heterocycles. The Hall–Kier alpha value is -4.38. The van der Waals surface area contributed by atoms with Crippen LogP contribution in [0.5, 0.6) is 5.75 Å². The molecule has 0 fully saturated rings. The normalized spacial score (nSPS) is 10.5. The van der Waals surface area contributed by atoms with Crippen molar-refractivity contribution in [2.75, 3.05) is 4.90 Å². The monoisotopic (exact) mass is 409 g/mol. The molecule has 31 heavy (non-hydrogen) atoms. The predicted molar refractivity (Wildman–Crippen MR) is 120 cm³/mol. The third kappa shape index (κ3) is 4.02. The van der Waals surface area contributed by atoms with Crippen LogP contribution >= 0.6 is 0 Å². The quantitative estimate of drug-likeness (QED) is 0.394. The molecule has 0 unspecified atom stereocenters. The molecule has 4 aromatic rings. The fourth-order valence-electron chi connectivity index (χ4n) is 3.47. The zero-order valence-corrected chi connectivity index (χ0v) is 16.5. The van der Waals surface area contributed by atoms with E-state index in [2.05, 4.69) is 0 Å². The average molecular weight is 409 g/mol. The number of phenolic OH excluding ortho intramolecular Hbond substituents is 1. The van der Waals surface area contributed by atoms with E-state index < -0.39 is 11.8 Å². The number of hydrogen-bond acceptors (Lipinski definition) is 4. The summed E-state index contributed by atoms with van der Waals surface area (Å²) >= 11 is 0. The Labute approximate surface area is 179 Å². The Kier molecular flexibility index (Phi) is 5.49. The zero-order chi connectivity index (χ0) is 21.8. The maximum absolute atomic E-state index is 13.0. The van der Waals surface area contributed by atoms with E-state index in [1.165, 1.54) is 24.3 Å². The maximum Gasteiger partial charge on any atom is 0.336 e. The number of carbonyl (C=O) groups excluding carboxylic acids is 1. The molecule has 0 atom stereocenters. The van der Waals surface area contributed by atoms with Gasteiger partial charge in [-0.2, -0.15) is 0 Å². The van der Waals surface area contributed by atoms with Crippen LogP contribution in [0.15, 0.2) is 103 Å². The van der Waals surface area contributed by atoms with Crippen molar-refractivity contribution >= 4 is 28.8 Å². The number of ketones is 1. The van der Waals surface area contributed by atoms with Gasteiger partial charge in [0.2, 0.25) is 0 Å². The van der Waals surface area contributed by atoms with Crippen LogP contribution < -0.4 is 4.90 Å². The molecule has 4 rings (SSSR count). The van der Waals surface area contributed by atoms with Crippen molar-refractivity contribution in [2.45, 2.75) is 0 Å². The standard InChI is InChI=1S/C26H19NO4/c28-24-17-20(27(18-9-3-1-4-10-18)19-11-5-2-6-12-19)15-16-23(24)25(29)21-13-7-8-14-22(21)26(30)31/h1-17,28H,(H,30,31). The first-order valence-electron chi connectivity index (χ1n) is 9.66. The van der Waals surface area contributed by atoms with Crippen LogP contribution in [0, 0.1) is 0 Å². The maximum atomic E-state index is 13.0. The number of carboxylic acids is 1. The SMILES string of the molecule is O=C(O)c1ccccc1C(=O)c1ccc(N(c2ccccc2)c2ccccc2)cc1O. The first-order valence-corrected chi connectivity index (χ1v) is 9.66. The summed E-state index contributed by atoms with van der Waals surface area (Å²) in [6.07, 6.45) is 0. The van der Waals surface area contributed by atoms with Gasteiger partial charge in [-0.3, -0.25) is 4.79 Å². The minimum Gasteiger partial charge on any atom is -0.507 e. The molecule has 0 aromatic heterocycles. The van der Waals surface area contributed by atoms with Crippen molar-refractivity contribution in [2.24, 2.45) is 0 Å². The highest BCUT2D eigenvalue weighted by atomic mass is 16.4. The molecule has 0 bridgehead atoms. The van der Waals surface area contributed by atoms with Crippen LogP contribution in [0.25, 0.3) is 0 Å². The minimum atomic E-state index is -1.20. The van der Waals surface area contributed by atoms with Crippen LogP contribution in [0.2, 0.25) is 0 Å². The van der Waals surface area contributed by atoms with Crippen molar-refractivity contribution in [3.8, 4) is 5.75 Å². The summed E-state index contributed by atoms with van der Waals surface area (Å²) in [6, 6.07) is 30.1. The molecule has 2 N–H and O–H groups in total. The van der Waals surface area contributed by atoms with E-state index in [-0.39, 0.29) is 22.4 Å². The van der Waals surface area contributed by atoms with E-state index in [9.17, 15) is 19.8 Å². The Morgan fingerprint density at radius 2 is 1.10 bits per heavy atom. The van der Waals surface area contributed by atoms with Gasteiger partial charge in [-0.25, -0.2) is 4.79 Å². The average Bonchev–Trinajstić information content (AvgIpc) is 2.80.